The van der Waals surface area contributed by atoms with Crippen molar-refractivity contribution in [3.05, 3.63) is 59.8 Å². The Balaban J connectivity index is 1.36. The number of nitrogens with one attached hydrogen (secondary N) is 3. The molecule has 0 radical (unpaired) electrons. The Morgan fingerprint density at radius 1 is 1.25 bits per heavy atom. The second-order valence-electron chi connectivity index (χ2n) is 5.77. The molecule has 3 rings (SSSR count). The Kier molecular flexibility index (Phi) is 6.68. The van der Waals surface area contributed by atoms with Crippen molar-refractivity contribution < 1.29 is 18.7 Å². The quantitative estimate of drug-likeness (QED) is 0.495. The molecular formula is C18H19N5O4S. The minimum atomic E-state index is -0.593. The number of furan rings is 1. The highest BCUT2D eigenvalue weighted by Crippen LogP contribution is 2.15. The zero-order valence-corrected chi connectivity index (χ0v) is 15.9. The van der Waals surface area contributed by atoms with Crippen LogP contribution in [0.25, 0.3) is 0 Å². The van der Waals surface area contributed by atoms with E-state index in [-0.39, 0.29) is 18.9 Å². The van der Waals surface area contributed by atoms with Gasteiger partial charge in [0.25, 0.3) is 0 Å². The molecule has 3 aromatic rings. The maximum absolute atomic E-state index is 11.8. The van der Waals surface area contributed by atoms with Gasteiger partial charge in [0, 0.05) is 0 Å². The lowest BCUT2D eigenvalue weighted by molar-refractivity contribution is -0.117. The maximum Gasteiger partial charge on any atom is 0.321 e. The fourth-order valence-electron chi connectivity index (χ4n) is 2.11. The van der Waals surface area contributed by atoms with Crippen LogP contribution >= 0.6 is 11.8 Å². The van der Waals surface area contributed by atoms with E-state index in [0.717, 1.165) is 23.1 Å². The monoisotopic (exact) mass is 401 g/mol. The number of aromatic amines is 1. The van der Waals surface area contributed by atoms with Crippen molar-refractivity contribution in [3.63, 3.8) is 0 Å². The van der Waals surface area contributed by atoms with Crippen molar-refractivity contribution >= 4 is 23.7 Å². The van der Waals surface area contributed by atoms with Gasteiger partial charge in [0.1, 0.15) is 18.1 Å². The summed E-state index contributed by atoms with van der Waals surface area (Å²) in [5.41, 5.74) is 1.15. The summed E-state index contributed by atoms with van der Waals surface area (Å²) in [5.74, 6) is 1.42. The van der Waals surface area contributed by atoms with Gasteiger partial charge in [-0.2, -0.15) is 0 Å². The number of ether oxygens (including phenoxy) is 1. The molecule has 9 nitrogen and oxygen atoms in total. The lowest BCUT2D eigenvalue weighted by Crippen LogP contribution is -2.39. The topological polar surface area (TPSA) is 122 Å². The minimum absolute atomic E-state index is 0.00425. The summed E-state index contributed by atoms with van der Waals surface area (Å²) < 4.78 is 10.7. The predicted molar refractivity (Wildman–Crippen MR) is 102 cm³/mol. The number of carbonyl (C=O) groups excluding carboxylic acids is 2. The number of H-pyrrole nitrogens is 1. The molecule has 2 aromatic heterocycles. The third-order valence-electron chi connectivity index (χ3n) is 3.50. The second kappa shape index (κ2) is 9.60. The highest BCUT2D eigenvalue weighted by Gasteiger charge is 2.11. The van der Waals surface area contributed by atoms with Gasteiger partial charge < -0.3 is 14.5 Å². The Hall–Kier alpha value is -3.27. The van der Waals surface area contributed by atoms with E-state index in [2.05, 4.69) is 25.8 Å². The van der Waals surface area contributed by atoms with Gasteiger partial charge in [0.15, 0.2) is 5.82 Å². The number of rotatable bonds is 8. The van der Waals surface area contributed by atoms with Crippen molar-refractivity contribution in [1.29, 1.82) is 0 Å². The van der Waals surface area contributed by atoms with Crippen LogP contribution in [0.15, 0.2) is 52.2 Å². The van der Waals surface area contributed by atoms with Gasteiger partial charge in [-0.15, -0.1) is 5.10 Å². The summed E-state index contributed by atoms with van der Waals surface area (Å²) in [5, 5.41) is 11.9. The molecule has 0 atom stereocenters. The average Bonchev–Trinajstić information content (AvgIpc) is 3.36. The van der Waals surface area contributed by atoms with Gasteiger partial charge in [0.2, 0.25) is 11.1 Å². The number of aromatic nitrogens is 3. The molecule has 0 spiro atoms. The molecule has 0 saturated heterocycles. The molecule has 0 bridgehead atoms. The van der Waals surface area contributed by atoms with E-state index >= 15 is 0 Å². The van der Waals surface area contributed by atoms with Crippen molar-refractivity contribution in [2.45, 2.75) is 25.2 Å². The first-order chi connectivity index (χ1) is 13.6. The lowest BCUT2D eigenvalue weighted by Gasteiger charge is -2.04. The number of nitrogens with zero attached hydrogens (tertiary/aromatic N) is 2. The number of thioether (sulfide) groups is 1. The van der Waals surface area contributed by atoms with E-state index in [0.29, 0.717) is 16.7 Å². The molecular weight excluding hydrogens is 382 g/mol. The molecule has 0 aliphatic heterocycles. The van der Waals surface area contributed by atoms with Crippen molar-refractivity contribution in [1.82, 2.24) is 25.8 Å². The number of hydrogen-bond donors (Lipinski definition) is 3. The van der Waals surface area contributed by atoms with Gasteiger partial charge in [-0.1, -0.05) is 29.5 Å². The normalized spacial score (nSPS) is 10.5. The standard InChI is InChI=1S/C18H19N5O4S/c1-12-4-6-13(7-5-12)27-10-15-20-18(23-22-15)28-11-16(24)21-17(25)19-9-14-3-2-8-26-14/h2-8H,9-11H2,1H3,(H,20,22,23)(H2,19,21,24,25). The lowest BCUT2D eigenvalue weighted by atomic mass is 10.2. The highest BCUT2D eigenvalue weighted by atomic mass is 32.2. The molecule has 3 N–H and O–H groups in total. The SMILES string of the molecule is Cc1ccc(OCc2nc(SCC(=O)NC(=O)NCc3ccco3)n[nH]2)cc1. The summed E-state index contributed by atoms with van der Waals surface area (Å²) in [6.45, 7) is 2.44. The molecule has 28 heavy (non-hydrogen) atoms. The number of hydrogen-bond acceptors (Lipinski definition) is 7. The van der Waals surface area contributed by atoms with E-state index in [4.69, 9.17) is 9.15 Å². The average molecular weight is 401 g/mol. The van der Waals surface area contributed by atoms with Gasteiger partial charge in [-0.25, -0.2) is 9.78 Å². The van der Waals surface area contributed by atoms with Crippen LogP contribution in [-0.4, -0.2) is 32.9 Å². The Labute approximate surface area is 165 Å². The summed E-state index contributed by atoms with van der Waals surface area (Å²) in [6, 6.07) is 10.5. The molecule has 3 amide bonds. The molecule has 10 heteroatoms. The zero-order chi connectivity index (χ0) is 19.8. The summed E-state index contributed by atoms with van der Waals surface area (Å²) in [4.78, 5) is 27.7. The molecule has 0 unspecified atom stereocenters. The van der Waals surface area contributed by atoms with Crippen molar-refractivity contribution in [3.8, 4) is 5.75 Å². The van der Waals surface area contributed by atoms with Crippen LogP contribution in [0, 0.1) is 6.92 Å². The van der Waals surface area contributed by atoms with E-state index in [1.807, 2.05) is 31.2 Å². The number of carbonyl (C=O) groups is 2. The van der Waals surface area contributed by atoms with Gasteiger partial charge in [0.05, 0.1) is 18.6 Å². The third-order valence-corrected chi connectivity index (χ3v) is 4.34. The molecule has 0 fully saturated rings. The summed E-state index contributed by atoms with van der Waals surface area (Å²) in [7, 11) is 0. The zero-order valence-electron chi connectivity index (χ0n) is 15.1. The van der Waals surface area contributed by atoms with E-state index in [9.17, 15) is 9.59 Å². The predicted octanol–water partition coefficient (Wildman–Crippen LogP) is 2.40. The van der Waals surface area contributed by atoms with E-state index in [1.165, 1.54) is 6.26 Å². The maximum atomic E-state index is 11.8. The second-order valence-corrected chi connectivity index (χ2v) is 6.71. The van der Waals surface area contributed by atoms with E-state index in [1.54, 1.807) is 12.1 Å². The summed E-state index contributed by atoms with van der Waals surface area (Å²) in [6.07, 6.45) is 1.51. The van der Waals surface area contributed by atoms with Crippen LogP contribution in [0.1, 0.15) is 17.1 Å². The first kappa shape index (κ1) is 19.5. The number of urea groups is 1. The van der Waals surface area contributed by atoms with E-state index < -0.39 is 11.9 Å². The van der Waals surface area contributed by atoms with Crippen molar-refractivity contribution in [2.75, 3.05) is 5.75 Å². The molecule has 2 heterocycles. The number of imide groups is 1. The Bertz CT molecular complexity index is 908. The smallest absolute Gasteiger partial charge is 0.321 e. The van der Waals surface area contributed by atoms with Crippen LogP contribution < -0.4 is 15.4 Å². The van der Waals surface area contributed by atoms with Crippen LogP contribution in [0.5, 0.6) is 5.75 Å². The fraction of sp³-hybridized carbons (Fsp3) is 0.222. The molecule has 0 aliphatic rings. The number of aryl methyl sites for hydroxylation is 1. The van der Waals surface area contributed by atoms with Crippen LogP contribution in [0.4, 0.5) is 4.79 Å². The number of benzene rings is 1. The van der Waals surface area contributed by atoms with Gasteiger partial charge in [-0.3, -0.25) is 15.2 Å². The molecule has 1 aromatic carbocycles. The number of amides is 3. The first-order valence-electron chi connectivity index (χ1n) is 8.42. The van der Waals surface area contributed by atoms with Crippen LogP contribution in [0.2, 0.25) is 0 Å². The summed E-state index contributed by atoms with van der Waals surface area (Å²) >= 11 is 1.11. The highest BCUT2D eigenvalue weighted by molar-refractivity contribution is 7.99. The van der Waals surface area contributed by atoms with Crippen molar-refractivity contribution in [2.24, 2.45) is 0 Å². The molecule has 0 aliphatic carbocycles. The van der Waals surface area contributed by atoms with Gasteiger partial charge in [-0.05, 0) is 31.2 Å². The fourth-order valence-corrected chi connectivity index (χ4v) is 2.73. The van der Waals surface area contributed by atoms with Crippen LogP contribution in [-0.2, 0) is 17.9 Å². The molecule has 146 valence electrons. The Morgan fingerprint density at radius 3 is 2.82 bits per heavy atom. The van der Waals surface area contributed by atoms with Crippen LogP contribution in [0.3, 0.4) is 0 Å². The van der Waals surface area contributed by atoms with Gasteiger partial charge >= 0.3 is 6.03 Å². The Morgan fingerprint density at radius 2 is 2.07 bits per heavy atom. The first-order valence-corrected chi connectivity index (χ1v) is 9.40. The largest absolute Gasteiger partial charge is 0.486 e. The minimum Gasteiger partial charge on any atom is -0.486 e. The molecule has 0 saturated carbocycles. The third kappa shape index (κ3) is 6.16.